The van der Waals surface area contributed by atoms with Crippen LogP contribution in [0.2, 0.25) is 0 Å². The Balaban J connectivity index is 1.84. The van der Waals surface area contributed by atoms with Gasteiger partial charge in [0.25, 0.3) is 0 Å². The highest BCUT2D eigenvalue weighted by atomic mass is 127. The predicted molar refractivity (Wildman–Crippen MR) is 85.1 cm³/mol. The lowest BCUT2D eigenvalue weighted by Gasteiger charge is -2.06. The first-order chi connectivity index (χ1) is 9.26. The quantitative estimate of drug-likeness (QED) is 0.733. The second kappa shape index (κ2) is 5.34. The molecule has 1 fully saturated rings. The van der Waals surface area contributed by atoms with E-state index >= 15 is 0 Å². The summed E-state index contributed by atoms with van der Waals surface area (Å²) in [6, 6.07) is 17.2. The van der Waals surface area contributed by atoms with Crippen molar-refractivity contribution in [2.24, 2.45) is 0 Å². The van der Waals surface area contributed by atoms with Crippen LogP contribution in [0.25, 0.3) is 0 Å². The lowest BCUT2D eigenvalue weighted by molar-refractivity contribution is 1.11. The van der Waals surface area contributed by atoms with Gasteiger partial charge in [0.05, 0.1) is 11.6 Å². The number of nitrogens with zero attached hydrogens (tertiary/aromatic N) is 1. The first-order valence-corrected chi connectivity index (χ1v) is 7.61. The van der Waals surface area contributed by atoms with Crippen molar-refractivity contribution < 1.29 is 0 Å². The van der Waals surface area contributed by atoms with Crippen LogP contribution in [-0.2, 0) is 6.42 Å². The summed E-state index contributed by atoms with van der Waals surface area (Å²) in [5.74, 6) is 0.807. The number of benzene rings is 2. The van der Waals surface area contributed by atoms with Gasteiger partial charge in [0.15, 0.2) is 0 Å². The minimum Gasteiger partial charge on any atom is -0.192 e. The van der Waals surface area contributed by atoms with Gasteiger partial charge in [0.1, 0.15) is 0 Å². The monoisotopic (exact) mass is 359 g/mol. The van der Waals surface area contributed by atoms with Crippen LogP contribution >= 0.6 is 22.6 Å². The molecule has 0 heterocycles. The number of rotatable bonds is 3. The van der Waals surface area contributed by atoms with Crippen LogP contribution in [0, 0.1) is 14.9 Å². The SMILES string of the molecule is N#Cc1ccc(I)cc1Cc1ccc(C2CC2)cc1. The fraction of sp³-hybridized carbons (Fsp3) is 0.235. The van der Waals surface area contributed by atoms with Crippen LogP contribution in [0.15, 0.2) is 42.5 Å². The molecule has 1 nitrogen and oxygen atoms in total. The Hall–Kier alpha value is -1.34. The van der Waals surface area contributed by atoms with E-state index in [1.54, 1.807) is 0 Å². The molecule has 94 valence electrons. The number of nitriles is 1. The van der Waals surface area contributed by atoms with Crippen molar-refractivity contribution in [1.82, 2.24) is 0 Å². The summed E-state index contributed by atoms with van der Waals surface area (Å²) in [6.07, 6.45) is 3.52. The molecule has 0 amide bonds. The van der Waals surface area contributed by atoms with Crippen molar-refractivity contribution in [2.75, 3.05) is 0 Å². The van der Waals surface area contributed by atoms with Gasteiger partial charge in [-0.25, -0.2) is 0 Å². The van der Waals surface area contributed by atoms with Crippen LogP contribution in [0.4, 0.5) is 0 Å². The normalized spacial score (nSPS) is 14.1. The van der Waals surface area contributed by atoms with Crippen LogP contribution in [0.1, 0.15) is 41.0 Å². The van der Waals surface area contributed by atoms with Crippen LogP contribution < -0.4 is 0 Å². The van der Waals surface area contributed by atoms with Gasteiger partial charge in [-0.05, 0) is 82.7 Å². The highest BCUT2D eigenvalue weighted by Gasteiger charge is 2.22. The molecule has 2 aromatic carbocycles. The van der Waals surface area contributed by atoms with E-state index in [4.69, 9.17) is 5.26 Å². The van der Waals surface area contributed by atoms with Crippen LogP contribution in [0.3, 0.4) is 0 Å². The van der Waals surface area contributed by atoms with Crippen molar-refractivity contribution in [3.63, 3.8) is 0 Å². The van der Waals surface area contributed by atoms with Crippen LogP contribution in [0.5, 0.6) is 0 Å². The molecule has 2 aromatic rings. The van der Waals surface area contributed by atoms with E-state index in [1.807, 2.05) is 12.1 Å². The molecule has 0 aromatic heterocycles. The Kier molecular flexibility index (Phi) is 3.56. The second-order valence-corrected chi connectivity index (χ2v) is 6.35. The Bertz CT molecular complexity index is 633. The van der Waals surface area contributed by atoms with Gasteiger partial charge in [-0.3, -0.25) is 0 Å². The van der Waals surface area contributed by atoms with E-state index in [-0.39, 0.29) is 0 Å². The molecule has 1 saturated carbocycles. The summed E-state index contributed by atoms with van der Waals surface area (Å²) < 4.78 is 1.18. The van der Waals surface area contributed by atoms with Crippen LogP contribution in [-0.4, -0.2) is 0 Å². The minimum atomic E-state index is 0.784. The molecule has 19 heavy (non-hydrogen) atoms. The standard InChI is InChI=1S/C17H14IN/c18-17-8-7-15(11-19)16(10-17)9-12-1-3-13(4-2-12)14-5-6-14/h1-4,7-8,10,14H,5-6,9H2. The molecule has 0 N–H and O–H groups in total. The number of hydrogen-bond acceptors (Lipinski definition) is 1. The van der Waals surface area contributed by atoms with Crippen molar-refractivity contribution in [2.45, 2.75) is 25.2 Å². The van der Waals surface area contributed by atoms with Crippen molar-refractivity contribution in [3.8, 4) is 6.07 Å². The average Bonchev–Trinajstić information content (AvgIpc) is 3.24. The van der Waals surface area contributed by atoms with E-state index in [2.05, 4.69) is 59.0 Å². The average molecular weight is 359 g/mol. The molecule has 3 rings (SSSR count). The molecular formula is C17H14IN. The van der Waals surface area contributed by atoms with Gasteiger partial charge in [-0.1, -0.05) is 24.3 Å². The lowest BCUT2D eigenvalue weighted by atomic mass is 9.99. The van der Waals surface area contributed by atoms with Crippen molar-refractivity contribution in [1.29, 1.82) is 5.26 Å². The maximum atomic E-state index is 9.16. The van der Waals surface area contributed by atoms with E-state index < -0.39 is 0 Å². The summed E-state index contributed by atoms with van der Waals surface area (Å²) in [5, 5.41) is 9.16. The lowest BCUT2D eigenvalue weighted by Crippen LogP contribution is -1.94. The highest BCUT2D eigenvalue weighted by Crippen LogP contribution is 2.39. The van der Waals surface area contributed by atoms with Crippen molar-refractivity contribution in [3.05, 3.63) is 68.3 Å². The summed E-state index contributed by atoms with van der Waals surface area (Å²) in [5.41, 5.74) is 4.65. The Labute approximate surface area is 127 Å². The summed E-state index contributed by atoms with van der Waals surface area (Å²) in [7, 11) is 0. The zero-order valence-electron chi connectivity index (χ0n) is 10.6. The molecule has 0 unspecified atom stereocenters. The fourth-order valence-electron chi connectivity index (χ4n) is 2.36. The molecule has 1 aliphatic carbocycles. The maximum absolute atomic E-state index is 9.16. The van der Waals surface area contributed by atoms with Gasteiger partial charge in [-0.15, -0.1) is 0 Å². The molecule has 0 aliphatic heterocycles. The van der Waals surface area contributed by atoms with E-state index in [1.165, 1.54) is 27.5 Å². The number of halogens is 1. The third kappa shape index (κ3) is 2.98. The minimum absolute atomic E-state index is 0.784. The summed E-state index contributed by atoms with van der Waals surface area (Å²) in [6.45, 7) is 0. The topological polar surface area (TPSA) is 23.8 Å². The molecule has 0 radical (unpaired) electrons. The Morgan fingerprint density at radius 1 is 1.11 bits per heavy atom. The molecule has 0 saturated heterocycles. The van der Waals surface area contributed by atoms with E-state index in [0.29, 0.717) is 0 Å². The molecule has 0 atom stereocenters. The van der Waals surface area contributed by atoms with E-state index in [9.17, 15) is 0 Å². The maximum Gasteiger partial charge on any atom is 0.0994 e. The van der Waals surface area contributed by atoms with Gasteiger partial charge < -0.3 is 0 Å². The third-order valence-electron chi connectivity index (χ3n) is 3.61. The molecule has 0 spiro atoms. The molecule has 2 heteroatoms. The van der Waals surface area contributed by atoms with Gasteiger partial charge in [-0.2, -0.15) is 5.26 Å². The predicted octanol–water partition coefficient (Wildman–Crippen LogP) is 4.63. The largest absolute Gasteiger partial charge is 0.192 e. The zero-order valence-corrected chi connectivity index (χ0v) is 12.7. The summed E-state index contributed by atoms with van der Waals surface area (Å²) in [4.78, 5) is 0. The van der Waals surface area contributed by atoms with Gasteiger partial charge >= 0.3 is 0 Å². The van der Waals surface area contributed by atoms with Gasteiger partial charge in [0.2, 0.25) is 0 Å². The van der Waals surface area contributed by atoms with Gasteiger partial charge in [0, 0.05) is 3.57 Å². The Morgan fingerprint density at radius 3 is 2.47 bits per heavy atom. The molecule has 1 aliphatic rings. The van der Waals surface area contributed by atoms with E-state index in [0.717, 1.165) is 23.5 Å². The zero-order chi connectivity index (χ0) is 13.2. The van der Waals surface area contributed by atoms with Crippen molar-refractivity contribution >= 4 is 22.6 Å². The molecular weight excluding hydrogens is 345 g/mol. The highest BCUT2D eigenvalue weighted by molar-refractivity contribution is 14.1. The molecule has 0 bridgehead atoms. The first kappa shape index (κ1) is 12.7. The summed E-state index contributed by atoms with van der Waals surface area (Å²) >= 11 is 2.29. The number of hydrogen-bond donors (Lipinski definition) is 0. The smallest absolute Gasteiger partial charge is 0.0994 e. The third-order valence-corrected chi connectivity index (χ3v) is 4.28. The second-order valence-electron chi connectivity index (χ2n) is 5.11. The Morgan fingerprint density at radius 2 is 1.84 bits per heavy atom. The first-order valence-electron chi connectivity index (χ1n) is 6.53. The fourth-order valence-corrected chi connectivity index (χ4v) is 2.92.